The maximum atomic E-state index is 13.3. The number of aliphatic hydroxyl groups excluding tert-OH is 1. The van der Waals surface area contributed by atoms with Crippen LogP contribution >= 0.6 is 11.6 Å². The molecular formula is C27H43ClN4O5. The lowest BCUT2D eigenvalue weighted by Crippen LogP contribution is -2.52. The molecule has 5 atom stereocenters. The first kappa shape index (κ1) is 29.5. The minimum Gasteiger partial charge on any atom is -0.453 e. The zero-order valence-electron chi connectivity index (χ0n) is 22.1. The number of aliphatic hydroxyl groups is 1. The molecule has 3 amide bonds. The van der Waals surface area contributed by atoms with E-state index < -0.39 is 6.09 Å². The third-order valence-electron chi connectivity index (χ3n) is 7.44. The summed E-state index contributed by atoms with van der Waals surface area (Å²) < 4.78 is 10.9. The van der Waals surface area contributed by atoms with Gasteiger partial charge in [0, 0.05) is 43.2 Å². The molecule has 1 aromatic carbocycles. The lowest BCUT2D eigenvalue weighted by Gasteiger charge is -2.38. The fraction of sp³-hybridized carbons (Fsp3) is 0.704. The van der Waals surface area contributed by atoms with Crippen LogP contribution in [-0.4, -0.2) is 81.2 Å². The van der Waals surface area contributed by atoms with E-state index in [-0.39, 0.29) is 36.1 Å². The SMILES string of the molecule is CNC[C@H](C[C@H]1CCCC[C@@H]1O)NC(=O)N1CCC[C@@H]([C@@H](OCCNC(=O)OC)c2cccc(Cl)c2)C1. The molecule has 3 rings (SSSR count). The van der Waals surface area contributed by atoms with E-state index >= 15 is 0 Å². The number of likely N-dealkylation sites (N-methyl/N-ethyl adjacent to an activating group) is 1. The van der Waals surface area contributed by atoms with Crippen molar-refractivity contribution in [2.24, 2.45) is 11.8 Å². The number of alkyl carbamates (subject to hydrolysis) is 1. The van der Waals surface area contributed by atoms with Crippen molar-refractivity contribution >= 4 is 23.7 Å². The number of ether oxygens (including phenoxy) is 2. The van der Waals surface area contributed by atoms with Crippen LogP contribution in [0.4, 0.5) is 9.59 Å². The molecule has 1 aliphatic heterocycles. The molecule has 1 saturated carbocycles. The van der Waals surface area contributed by atoms with Gasteiger partial charge in [-0.2, -0.15) is 0 Å². The van der Waals surface area contributed by atoms with E-state index in [2.05, 4.69) is 20.7 Å². The van der Waals surface area contributed by atoms with Crippen LogP contribution in [-0.2, 0) is 9.47 Å². The number of likely N-dealkylation sites (tertiary alicyclic amines) is 1. The molecule has 10 heteroatoms. The van der Waals surface area contributed by atoms with Crippen LogP contribution < -0.4 is 16.0 Å². The maximum Gasteiger partial charge on any atom is 0.406 e. The predicted molar refractivity (Wildman–Crippen MR) is 144 cm³/mol. The zero-order chi connectivity index (χ0) is 26.6. The molecule has 9 nitrogen and oxygen atoms in total. The minimum absolute atomic E-state index is 0.0417. The van der Waals surface area contributed by atoms with Gasteiger partial charge in [-0.1, -0.05) is 36.6 Å². The summed E-state index contributed by atoms with van der Waals surface area (Å²) in [4.78, 5) is 26.6. The topological polar surface area (TPSA) is 112 Å². The second-order valence-corrected chi connectivity index (χ2v) is 10.6. The Morgan fingerprint density at radius 2 is 2.03 bits per heavy atom. The molecule has 4 N–H and O–H groups in total. The summed E-state index contributed by atoms with van der Waals surface area (Å²) in [6.45, 7) is 2.54. The Kier molecular flexibility index (Phi) is 12.2. The van der Waals surface area contributed by atoms with Crippen molar-refractivity contribution in [3.05, 3.63) is 34.9 Å². The van der Waals surface area contributed by atoms with Gasteiger partial charge < -0.3 is 35.4 Å². The van der Waals surface area contributed by atoms with Gasteiger partial charge in [-0.3, -0.25) is 0 Å². The van der Waals surface area contributed by atoms with Gasteiger partial charge in [0.2, 0.25) is 0 Å². The van der Waals surface area contributed by atoms with E-state index in [1.165, 1.54) is 7.11 Å². The van der Waals surface area contributed by atoms with Crippen molar-refractivity contribution < 1.29 is 24.2 Å². The predicted octanol–water partition coefficient (Wildman–Crippen LogP) is 3.70. The normalized spacial score (nSPS) is 23.7. The summed E-state index contributed by atoms with van der Waals surface area (Å²) in [5.41, 5.74) is 0.956. The summed E-state index contributed by atoms with van der Waals surface area (Å²) in [6.07, 6.45) is 5.57. The van der Waals surface area contributed by atoms with E-state index in [1.54, 1.807) is 0 Å². The van der Waals surface area contributed by atoms with E-state index in [4.69, 9.17) is 16.3 Å². The number of carbonyl (C=O) groups is 2. The molecule has 1 saturated heterocycles. The molecule has 0 radical (unpaired) electrons. The van der Waals surface area contributed by atoms with Crippen LogP contribution in [0.3, 0.4) is 0 Å². The van der Waals surface area contributed by atoms with Crippen LogP contribution in [0.25, 0.3) is 0 Å². The Labute approximate surface area is 225 Å². The first-order valence-electron chi connectivity index (χ1n) is 13.5. The highest BCUT2D eigenvalue weighted by atomic mass is 35.5. The van der Waals surface area contributed by atoms with Crippen molar-refractivity contribution in [1.29, 1.82) is 0 Å². The standard InChI is InChI=1S/C27H43ClN4O5/c1-29-17-23(16-19-7-3-4-11-24(19)33)31-26(34)32-13-6-9-21(18-32)25(20-8-5-10-22(28)15-20)37-14-12-30-27(35)36-2/h5,8,10,15,19,21,23-25,29,33H,3-4,6-7,9,11-14,16-18H2,1-2H3,(H,30,35)(H,31,34)/t19-,21-,23+,24+,25+/m1/s1. The van der Waals surface area contributed by atoms with Crippen LogP contribution in [0.2, 0.25) is 5.02 Å². The van der Waals surface area contributed by atoms with E-state index in [1.807, 2.05) is 36.2 Å². The minimum atomic E-state index is -0.500. The monoisotopic (exact) mass is 538 g/mol. The van der Waals surface area contributed by atoms with Crippen LogP contribution in [0, 0.1) is 11.8 Å². The molecule has 0 bridgehead atoms. The number of nitrogens with zero attached hydrogens (tertiary/aromatic N) is 1. The summed E-state index contributed by atoms with van der Waals surface area (Å²) in [6, 6.07) is 7.49. The summed E-state index contributed by atoms with van der Waals surface area (Å²) >= 11 is 6.28. The van der Waals surface area contributed by atoms with Gasteiger partial charge in [0.1, 0.15) is 0 Å². The van der Waals surface area contributed by atoms with Gasteiger partial charge >= 0.3 is 12.1 Å². The molecule has 2 fully saturated rings. The van der Waals surface area contributed by atoms with Crippen molar-refractivity contribution in [3.63, 3.8) is 0 Å². The third-order valence-corrected chi connectivity index (χ3v) is 7.67. The van der Waals surface area contributed by atoms with Crippen LogP contribution in [0.1, 0.15) is 56.6 Å². The van der Waals surface area contributed by atoms with Crippen molar-refractivity contribution in [2.75, 3.05) is 46.9 Å². The van der Waals surface area contributed by atoms with Gasteiger partial charge in [0.05, 0.1) is 25.9 Å². The highest BCUT2D eigenvalue weighted by Crippen LogP contribution is 2.34. The maximum absolute atomic E-state index is 13.3. The number of rotatable bonds is 11. The number of urea groups is 1. The first-order chi connectivity index (χ1) is 17.9. The molecule has 0 aromatic heterocycles. The van der Waals surface area contributed by atoms with Crippen LogP contribution in [0.15, 0.2) is 24.3 Å². The molecule has 1 heterocycles. The smallest absolute Gasteiger partial charge is 0.406 e. The molecule has 208 valence electrons. The number of benzene rings is 1. The van der Waals surface area contributed by atoms with Crippen molar-refractivity contribution in [2.45, 2.75) is 63.2 Å². The fourth-order valence-electron chi connectivity index (χ4n) is 5.57. The molecule has 0 unspecified atom stereocenters. The number of hydrogen-bond donors (Lipinski definition) is 4. The van der Waals surface area contributed by atoms with Crippen molar-refractivity contribution in [3.8, 4) is 0 Å². The number of amides is 3. The van der Waals surface area contributed by atoms with Gasteiger partial charge in [-0.05, 0) is 62.8 Å². The average Bonchev–Trinajstić information content (AvgIpc) is 2.90. The second kappa shape index (κ2) is 15.4. The Morgan fingerprint density at radius 1 is 1.22 bits per heavy atom. The summed E-state index contributed by atoms with van der Waals surface area (Å²) in [5, 5.41) is 20.1. The number of nitrogens with one attached hydrogen (secondary N) is 3. The van der Waals surface area contributed by atoms with Crippen LogP contribution in [0.5, 0.6) is 0 Å². The van der Waals surface area contributed by atoms with Crippen molar-refractivity contribution in [1.82, 2.24) is 20.9 Å². The lowest BCUT2D eigenvalue weighted by atomic mass is 9.82. The summed E-state index contributed by atoms with van der Waals surface area (Å²) in [5.74, 6) is 0.305. The van der Waals surface area contributed by atoms with Gasteiger partial charge in [0.25, 0.3) is 0 Å². The quantitative estimate of drug-likeness (QED) is 0.320. The number of methoxy groups -OCH3 is 1. The summed E-state index contributed by atoms with van der Waals surface area (Å²) in [7, 11) is 3.21. The van der Waals surface area contributed by atoms with Gasteiger partial charge in [-0.25, -0.2) is 9.59 Å². The van der Waals surface area contributed by atoms with Gasteiger partial charge in [0.15, 0.2) is 0 Å². The molecule has 1 aromatic rings. The Bertz CT molecular complexity index is 860. The second-order valence-electron chi connectivity index (χ2n) is 10.2. The largest absolute Gasteiger partial charge is 0.453 e. The molecular weight excluding hydrogens is 496 g/mol. The number of piperidine rings is 1. The molecule has 0 spiro atoms. The number of hydrogen-bond acceptors (Lipinski definition) is 6. The van der Waals surface area contributed by atoms with E-state index in [0.29, 0.717) is 37.8 Å². The first-order valence-corrected chi connectivity index (χ1v) is 13.9. The number of halogens is 1. The lowest BCUT2D eigenvalue weighted by molar-refractivity contribution is -0.00874. The highest BCUT2D eigenvalue weighted by Gasteiger charge is 2.33. The highest BCUT2D eigenvalue weighted by molar-refractivity contribution is 6.30. The Hall–Kier alpha value is -2.07. The zero-order valence-corrected chi connectivity index (χ0v) is 22.8. The number of carbonyl (C=O) groups excluding carboxylic acids is 2. The third kappa shape index (κ3) is 9.32. The van der Waals surface area contributed by atoms with Gasteiger partial charge in [-0.15, -0.1) is 0 Å². The van der Waals surface area contributed by atoms with E-state index in [9.17, 15) is 14.7 Å². The average molecular weight is 539 g/mol. The van der Waals surface area contributed by atoms with E-state index in [0.717, 1.165) is 50.5 Å². The Balaban J connectivity index is 1.63. The molecule has 1 aliphatic carbocycles. The molecule has 37 heavy (non-hydrogen) atoms. The fourth-order valence-corrected chi connectivity index (χ4v) is 5.77. The molecule has 2 aliphatic rings. The Morgan fingerprint density at radius 3 is 2.76 bits per heavy atom.